The van der Waals surface area contributed by atoms with Crippen LogP contribution < -0.4 is 9.64 Å². The summed E-state index contributed by atoms with van der Waals surface area (Å²) in [4.78, 5) is 43.7. The lowest BCUT2D eigenvalue weighted by Gasteiger charge is -2.36. The van der Waals surface area contributed by atoms with Crippen LogP contribution in [0.4, 0.5) is 5.69 Å². The molecule has 0 spiro atoms. The Hall–Kier alpha value is -2.83. The first-order valence-corrected chi connectivity index (χ1v) is 11.3. The van der Waals surface area contributed by atoms with Gasteiger partial charge in [0.25, 0.3) is 0 Å². The van der Waals surface area contributed by atoms with Crippen molar-refractivity contribution in [1.29, 1.82) is 0 Å². The van der Waals surface area contributed by atoms with Gasteiger partial charge in [-0.1, -0.05) is 12.2 Å². The Morgan fingerprint density at radius 1 is 0.968 bits per heavy atom. The molecule has 2 aliphatic heterocycles. The van der Waals surface area contributed by atoms with Crippen LogP contribution >= 0.6 is 0 Å². The maximum Gasteiger partial charge on any atom is 0.233 e. The number of carbonyl (C=O) groups excluding carboxylic acids is 3. The highest BCUT2D eigenvalue weighted by Gasteiger charge is 2.58. The van der Waals surface area contributed by atoms with E-state index in [0.29, 0.717) is 32.5 Å². The molecule has 2 bridgehead atoms. The molecule has 3 amide bonds. The van der Waals surface area contributed by atoms with E-state index in [1.807, 2.05) is 29.2 Å². The number of methoxy groups -OCH3 is 1. The predicted octanol–water partition coefficient (Wildman–Crippen LogP) is 1.93. The minimum absolute atomic E-state index is 0.0209. The number of anilines is 1. The standard InChI is InChI=1S/C24H29N3O4/c1-31-19-8-6-18(7-9-19)25-11-13-26(14-12-25)20(28)3-2-10-27-23(29)21-16-4-5-17(15-16)22(21)24(27)30/h4-9,16-17,21-22H,2-3,10-15H2,1H3/t16-,17-,21-,22-/m0/s1. The van der Waals surface area contributed by atoms with Gasteiger partial charge in [-0.3, -0.25) is 19.3 Å². The Morgan fingerprint density at radius 2 is 1.58 bits per heavy atom. The summed E-state index contributed by atoms with van der Waals surface area (Å²) < 4.78 is 5.21. The van der Waals surface area contributed by atoms with Crippen molar-refractivity contribution in [3.05, 3.63) is 36.4 Å². The number of rotatable bonds is 6. The third-order valence-corrected chi connectivity index (χ3v) is 7.40. The SMILES string of the molecule is COc1ccc(N2CCN(C(=O)CCCN3C(=O)[C@@H]4[C@@H](C3=O)[C@H]3C=C[C@H]4C3)CC2)cc1. The molecule has 31 heavy (non-hydrogen) atoms. The second-order valence-electron chi connectivity index (χ2n) is 9.00. The number of ether oxygens (including phenoxy) is 1. The van der Waals surface area contributed by atoms with E-state index in [2.05, 4.69) is 17.1 Å². The van der Waals surface area contributed by atoms with Gasteiger partial charge in [-0.05, 0) is 48.9 Å². The van der Waals surface area contributed by atoms with Crippen LogP contribution in [0.3, 0.4) is 0 Å². The lowest BCUT2D eigenvalue weighted by Crippen LogP contribution is -2.48. The van der Waals surface area contributed by atoms with Gasteiger partial charge in [0.1, 0.15) is 5.75 Å². The number of likely N-dealkylation sites (tertiary alicyclic amines) is 1. The summed E-state index contributed by atoms with van der Waals surface area (Å²) in [6, 6.07) is 7.97. The number of fused-ring (bicyclic) bond motifs is 5. The molecule has 2 saturated heterocycles. The van der Waals surface area contributed by atoms with Gasteiger partial charge in [0.05, 0.1) is 18.9 Å². The van der Waals surface area contributed by atoms with Crippen LogP contribution in [0.2, 0.25) is 0 Å². The van der Waals surface area contributed by atoms with Gasteiger partial charge in [0.2, 0.25) is 17.7 Å². The molecule has 164 valence electrons. The number of nitrogens with zero attached hydrogens (tertiary/aromatic N) is 3. The molecule has 0 aromatic heterocycles. The molecule has 4 aliphatic rings. The van der Waals surface area contributed by atoms with Crippen molar-refractivity contribution < 1.29 is 19.1 Å². The van der Waals surface area contributed by atoms with Gasteiger partial charge >= 0.3 is 0 Å². The molecule has 7 nitrogen and oxygen atoms in total. The summed E-state index contributed by atoms with van der Waals surface area (Å²) >= 11 is 0. The van der Waals surface area contributed by atoms with E-state index in [0.717, 1.165) is 30.9 Å². The van der Waals surface area contributed by atoms with Crippen LogP contribution in [-0.4, -0.2) is 67.4 Å². The van der Waals surface area contributed by atoms with E-state index in [9.17, 15) is 14.4 Å². The van der Waals surface area contributed by atoms with Crippen LogP contribution in [0.5, 0.6) is 5.75 Å². The highest BCUT2D eigenvalue weighted by atomic mass is 16.5. The van der Waals surface area contributed by atoms with E-state index in [4.69, 9.17) is 4.74 Å². The third-order valence-electron chi connectivity index (χ3n) is 7.40. The highest BCUT2D eigenvalue weighted by Crippen LogP contribution is 2.52. The van der Waals surface area contributed by atoms with Crippen molar-refractivity contribution in [2.75, 3.05) is 44.7 Å². The number of benzene rings is 1. The fraction of sp³-hybridized carbons (Fsp3) is 0.542. The van der Waals surface area contributed by atoms with Gasteiger partial charge < -0.3 is 14.5 Å². The Labute approximate surface area is 182 Å². The van der Waals surface area contributed by atoms with Gasteiger partial charge in [0.15, 0.2) is 0 Å². The van der Waals surface area contributed by atoms with Gasteiger partial charge in [-0.25, -0.2) is 0 Å². The average Bonchev–Trinajstić information content (AvgIpc) is 3.49. The van der Waals surface area contributed by atoms with Crippen LogP contribution in [-0.2, 0) is 14.4 Å². The Balaban J connectivity index is 1.08. The predicted molar refractivity (Wildman–Crippen MR) is 115 cm³/mol. The molecule has 0 radical (unpaired) electrons. The van der Waals surface area contributed by atoms with Gasteiger partial charge in [-0.2, -0.15) is 0 Å². The third kappa shape index (κ3) is 3.50. The largest absolute Gasteiger partial charge is 0.497 e. The monoisotopic (exact) mass is 423 g/mol. The van der Waals surface area contributed by atoms with Gasteiger partial charge in [-0.15, -0.1) is 0 Å². The van der Waals surface area contributed by atoms with E-state index in [-0.39, 0.29) is 41.4 Å². The van der Waals surface area contributed by atoms with Crippen LogP contribution in [0.25, 0.3) is 0 Å². The summed E-state index contributed by atoms with van der Waals surface area (Å²) in [6.45, 7) is 3.32. The second-order valence-corrected chi connectivity index (χ2v) is 9.00. The molecule has 3 fully saturated rings. The Morgan fingerprint density at radius 3 is 2.16 bits per heavy atom. The molecule has 2 aliphatic carbocycles. The number of hydrogen-bond donors (Lipinski definition) is 0. The van der Waals surface area contributed by atoms with Crippen molar-refractivity contribution in [3.63, 3.8) is 0 Å². The average molecular weight is 424 g/mol. The summed E-state index contributed by atoms with van der Waals surface area (Å²) in [6.07, 6.45) is 6.07. The first kappa shape index (κ1) is 20.1. The molecule has 0 unspecified atom stereocenters. The number of hydrogen-bond acceptors (Lipinski definition) is 5. The van der Waals surface area contributed by atoms with Gasteiger partial charge in [0, 0.05) is 44.8 Å². The van der Waals surface area contributed by atoms with E-state index >= 15 is 0 Å². The fourth-order valence-corrected chi connectivity index (χ4v) is 5.74. The second kappa shape index (κ2) is 8.02. The van der Waals surface area contributed by atoms with Crippen LogP contribution in [0, 0.1) is 23.7 Å². The molecule has 0 N–H and O–H groups in total. The first-order chi connectivity index (χ1) is 15.1. The quantitative estimate of drug-likeness (QED) is 0.517. The molecule has 1 saturated carbocycles. The normalized spacial score (nSPS) is 29.1. The lowest BCUT2D eigenvalue weighted by atomic mass is 9.85. The minimum atomic E-state index is -0.149. The zero-order valence-corrected chi connectivity index (χ0v) is 17.9. The molecule has 5 rings (SSSR count). The Bertz CT molecular complexity index is 874. The zero-order valence-electron chi connectivity index (χ0n) is 17.9. The van der Waals surface area contributed by atoms with Crippen LogP contribution in [0.15, 0.2) is 36.4 Å². The van der Waals surface area contributed by atoms with Crippen molar-refractivity contribution in [2.45, 2.75) is 19.3 Å². The van der Waals surface area contributed by atoms with Crippen molar-refractivity contribution in [3.8, 4) is 5.75 Å². The summed E-state index contributed by atoms with van der Waals surface area (Å²) in [7, 11) is 1.65. The Kier molecular flexibility index (Phi) is 5.20. The first-order valence-electron chi connectivity index (χ1n) is 11.3. The molecular formula is C24H29N3O4. The van der Waals surface area contributed by atoms with E-state index < -0.39 is 0 Å². The maximum absolute atomic E-state index is 12.7. The van der Waals surface area contributed by atoms with Crippen molar-refractivity contribution in [2.24, 2.45) is 23.7 Å². The van der Waals surface area contributed by atoms with E-state index in [1.54, 1.807) is 7.11 Å². The van der Waals surface area contributed by atoms with Crippen molar-refractivity contribution >= 4 is 23.4 Å². The minimum Gasteiger partial charge on any atom is -0.497 e. The number of imide groups is 1. The molecular weight excluding hydrogens is 394 g/mol. The topological polar surface area (TPSA) is 70.2 Å². The molecule has 4 atom stereocenters. The van der Waals surface area contributed by atoms with E-state index in [1.165, 1.54) is 4.90 Å². The summed E-state index contributed by atoms with van der Waals surface area (Å²) in [5.74, 6) is 1.07. The summed E-state index contributed by atoms with van der Waals surface area (Å²) in [5, 5.41) is 0. The highest BCUT2D eigenvalue weighted by molar-refractivity contribution is 6.06. The summed E-state index contributed by atoms with van der Waals surface area (Å²) in [5.41, 5.74) is 1.13. The molecule has 7 heteroatoms. The van der Waals surface area contributed by atoms with Crippen molar-refractivity contribution in [1.82, 2.24) is 9.80 Å². The number of allylic oxidation sites excluding steroid dienone is 2. The fourth-order valence-electron chi connectivity index (χ4n) is 5.74. The molecule has 1 aromatic rings. The maximum atomic E-state index is 12.7. The van der Waals surface area contributed by atoms with Crippen LogP contribution in [0.1, 0.15) is 19.3 Å². The lowest BCUT2D eigenvalue weighted by molar-refractivity contribution is -0.141. The molecule has 1 aromatic carbocycles. The molecule has 2 heterocycles. The smallest absolute Gasteiger partial charge is 0.233 e. The number of amides is 3. The number of carbonyl (C=O) groups is 3. The zero-order chi connectivity index (χ0) is 21.5. The number of piperazine rings is 1.